The summed E-state index contributed by atoms with van der Waals surface area (Å²) >= 11 is 0. The van der Waals surface area contributed by atoms with Crippen molar-refractivity contribution in [3.63, 3.8) is 0 Å². The molecule has 0 saturated carbocycles. The largest absolute Gasteiger partial charge is 0.385 e. The van der Waals surface area contributed by atoms with E-state index in [0.717, 1.165) is 29.3 Å². The highest BCUT2D eigenvalue weighted by Gasteiger charge is 2.25. The Morgan fingerprint density at radius 2 is 1.94 bits per heavy atom. The number of rotatable bonds is 4. The van der Waals surface area contributed by atoms with Crippen LogP contribution in [0.3, 0.4) is 0 Å². The molecule has 2 aromatic rings. The van der Waals surface area contributed by atoms with E-state index < -0.39 is 5.60 Å². The normalized spacial score (nSPS) is 14.9. The molecule has 0 spiro atoms. The molecule has 0 radical (unpaired) electrons. The number of hydrogen-bond acceptors (Lipinski definition) is 2. The number of pyridine rings is 1. The predicted molar refractivity (Wildman–Crippen MR) is 75.4 cm³/mol. The fourth-order valence-corrected chi connectivity index (χ4v) is 2.24. The van der Waals surface area contributed by atoms with Crippen molar-refractivity contribution in [3.05, 3.63) is 42.1 Å². The smallest absolute Gasteiger partial charge is 0.0889 e. The molecule has 2 nitrogen and oxygen atoms in total. The highest BCUT2D eigenvalue weighted by atomic mass is 16.3. The highest BCUT2D eigenvalue weighted by molar-refractivity contribution is 5.82. The Labute approximate surface area is 109 Å². The zero-order valence-corrected chi connectivity index (χ0v) is 11.4. The standard InChI is InChI=1S/C16H21NO/c1-12(2)9-10-16(3,18)14-8-4-6-13-7-5-11-17-15(13)14/h4-8,11-12,18H,9-10H2,1-3H3. The van der Waals surface area contributed by atoms with E-state index in [-0.39, 0.29) is 0 Å². The van der Waals surface area contributed by atoms with Crippen LogP contribution < -0.4 is 0 Å². The number of hydrogen-bond donors (Lipinski definition) is 1. The number of para-hydroxylation sites is 1. The summed E-state index contributed by atoms with van der Waals surface area (Å²) in [6.45, 7) is 6.24. The van der Waals surface area contributed by atoms with Crippen molar-refractivity contribution in [3.8, 4) is 0 Å². The van der Waals surface area contributed by atoms with Gasteiger partial charge in [-0.1, -0.05) is 38.1 Å². The van der Waals surface area contributed by atoms with E-state index in [0.29, 0.717) is 5.92 Å². The lowest BCUT2D eigenvalue weighted by Gasteiger charge is -2.25. The minimum absolute atomic E-state index is 0.597. The number of nitrogens with zero attached hydrogens (tertiary/aromatic N) is 1. The van der Waals surface area contributed by atoms with E-state index in [4.69, 9.17) is 0 Å². The molecule has 1 unspecified atom stereocenters. The Morgan fingerprint density at radius 1 is 1.22 bits per heavy atom. The topological polar surface area (TPSA) is 33.1 Å². The van der Waals surface area contributed by atoms with Gasteiger partial charge in [0.1, 0.15) is 0 Å². The van der Waals surface area contributed by atoms with Crippen LogP contribution in [0, 0.1) is 5.92 Å². The average molecular weight is 243 g/mol. The molecule has 0 saturated heterocycles. The Kier molecular flexibility index (Phi) is 3.67. The molecule has 1 atom stereocenters. The highest BCUT2D eigenvalue weighted by Crippen LogP contribution is 2.31. The maximum atomic E-state index is 10.7. The van der Waals surface area contributed by atoms with Gasteiger partial charge in [-0.15, -0.1) is 0 Å². The second-order valence-corrected chi connectivity index (χ2v) is 5.59. The molecule has 18 heavy (non-hydrogen) atoms. The summed E-state index contributed by atoms with van der Waals surface area (Å²) in [6.07, 6.45) is 3.56. The molecule has 0 aliphatic rings. The van der Waals surface area contributed by atoms with Crippen molar-refractivity contribution in [2.75, 3.05) is 0 Å². The number of benzene rings is 1. The van der Waals surface area contributed by atoms with Gasteiger partial charge < -0.3 is 5.11 Å². The second-order valence-electron chi connectivity index (χ2n) is 5.59. The van der Waals surface area contributed by atoms with Gasteiger partial charge in [0, 0.05) is 17.1 Å². The van der Waals surface area contributed by atoms with Gasteiger partial charge in [0.2, 0.25) is 0 Å². The summed E-state index contributed by atoms with van der Waals surface area (Å²) in [6, 6.07) is 9.96. The summed E-state index contributed by atoms with van der Waals surface area (Å²) in [5.74, 6) is 0.597. The fraction of sp³-hybridized carbons (Fsp3) is 0.438. The molecule has 0 aliphatic carbocycles. The van der Waals surface area contributed by atoms with Gasteiger partial charge in [-0.25, -0.2) is 0 Å². The van der Waals surface area contributed by atoms with E-state index in [9.17, 15) is 5.11 Å². The van der Waals surface area contributed by atoms with Crippen molar-refractivity contribution < 1.29 is 5.11 Å². The molecular formula is C16H21NO. The Balaban J connectivity index is 2.40. The van der Waals surface area contributed by atoms with Crippen molar-refractivity contribution in [1.82, 2.24) is 4.98 Å². The lowest BCUT2D eigenvalue weighted by atomic mass is 9.87. The first-order valence-electron chi connectivity index (χ1n) is 6.57. The molecule has 0 bridgehead atoms. The van der Waals surface area contributed by atoms with Crippen LogP contribution in [-0.2, 0) is 5.60 Å². The molecule has 2 heteroatoms. The minimum Gasteiger partial charge on any atom is -0.385 e. The number of aliphatic hydroxyl groups is 1. The first-order chi connectivity index (χ1) is 8.50. The van der Waals surface area contributed by atoms with Gasteiger partial charge in [0.15, 0.2) is 0 Å². The summed E-state index contributed by atoms with van der Waals surface area (Å²) in [7, 11) is 0. The van der Waals surface area contributed by atoms with E-state index in [1.165, 1.54) is 0 Å². The first kappa shape index (κ1) is 13.0. The molecule has 1 aromatic carbocycles. The van der Waals surface area contributed by atoms with Crippen molar-refractivity contribution in [1.29, 1.82) is 0 Å². The van der Waals surface area contributed by atoms with Gasteiger partial charge in [-0.2, -0.15) is 0 Å². The van der Waals surface area contributed by atoms with E-state index in [1.807, 2.05) is 37.3 Å². The monoisotopic (exact) mass is 243 g/mol. The lowest BCUT2D eigenvalue weighted by molar-refractivity contribution is 0.0433. The number of aromatic nitrogens is 1. The third-order valence-corrected chi connectivity index (χ3v) is 3.42. The van der Waals surface area contributed by atoms with Crippen LogP contribution in [0.15, 0.2) is 36.5 Å². The SMILES string of the molecule is CC(C)CCC(C)(O)c1cccc2cccnc12. The summed E-state index contributed by atoms with van der Waals surface area (Å²) in [4.78, 5) is 4.41. The van der Waals surface area contributed by atoms with Gasteiger partial charge in [-0.3, -0.25) is 4.98 Å². The minimum atomic E-state index is -0.807. The van der Waals surface area contributed by atoms with Crippen LogP contribution in [0.4, 0.5) is 0 Å². The average Bonchev–Trinajstić information content (AvgIpc) is 2.36. The Bertz CT molecular complexity index is 526. The molecule has 1 N–H and O–H groups in total. The lowest BCUT2D eigenvalue weighted by Crippen LogP contribution is -2.22. The molecule has 96 valence electrons. The maximum absolute atomic E-state index is 10.7. The zero-order chi connectivity index (χ0) is 13.2. The third kappa shape index (κ3) is 2.70. The molecule has 1 aromatic heterocycles. The maximum Gasteiger partial charge on any atom is 0.0889 e. The third-order valence-electron chi connectivity index (χ3n) is 3.42. The van der Waals surface area contributed by atoms with E-state index >= 15 is 0 Å². The molecule has 2 rings (SSSR count). The van der Waals surface area contributed by atoms with Crippen LogP contribution in [-0.4, -0.2) is 10.1 Å². The fourth-order valence-electron chi connectivity index (χ4n) is 2.24. The van der Waals surface area contributed by atoms with Crippen molar-refractivity contribution in [2.24, 2.45) is 5.92 Å². The van der Waals surface area contributed by atoms with Crippen molar-refractivity contribution >= 4 is 10.9 Å². The first-order valence-corrected chi connectivity index (χ1v) is 6.57. The van der Waals surface area contributed by atoms with E-state index in [2.05, 4.69) is 18.8 Å². The molecule has 1 heterocycles. The molecule has 0 fully saturated rings. The van der Waals surface area contributed by atoms with Crippen LogP contribution >= 0.6 is 0 Å². The summed E-state index contributed by atoms with van der Waals surface area (Å²) in [5.41, 5.74) is 1.04. The zero-order valence-electron chi connectivity index (χ0n) is 11.4. The van der Waals surface area contributed by atoms with Gasteiger partial charge in [0.25, 0.3) is 0 Å². The molecule has 0 aliphatic heterocycles. The summed E-state index contributed by atoms with van der Waals surface area (Å²) in [5, 5.41) is 11.8. The van der Waals surface area contributed by atoms with E-state index in [1.54, 1.807) is 6.20 Å². The quantitative estimate of drug-likeness (QED) is 0.884. The second kappa shape index (κ2) is 5.07. The van der Waals surface area contributed by atoms with Crippen molar-refractivity contribution in [2.45, 2.75) is 39.2 Å². The predicted octanol–water partition coefficient (Wildman–Crippen LogP) is 3.88. The van der Waals surface area contributed by atoms with Gasteiger partial charge in [0.05, 0.1) is 11.1 Å². The molecular weight excluding hydrogens is 222 g/mol. The van der Waals surface area contributed by atoms with Crippen LogP contribution in [0.25, 0.3) is 10.9 Å². The van der Waals surface area contributed by atoms with Crippen LogP contribution in [0.1, 0.15) is 39.2 Å². The Hall–Kier alpha value is -1.41. The summed E-state index contributed by atoms with van der Waals surface area (Å²) < 4.78 is 0. The Morgan fingerprint density at radius 3 is 2.67 bits per heavy atom. The van der Waals surface area contributed by atoms with Crippen LogP contribution in [0.2, 0.25) is 0 Å². The number of fused-ring (bicyclic) bond motifs is 1. The van der Waals surface area contributed by atoms with Gasteiger partial charge >= 0.3 is 0 Å². The molecule has 0 amide bonds. The van der Waals surface area contributed by atoms with Gasteiger partial charge in [-0.05, 0) is 31.7 Å². The van der Waals surface area contributed by atoms with Crippen LogP contribution in [0.5, 0.6) is 0 Å².